The van der Waals surface area contributed by atoms with Crippen LogP contribution < -0.4 is 5.32 Å². The standard InChI is InChI=1S/C23H22N3O2/c27-26-21-4-2-17-13-18(1-3-19(17)21)23-20(15-5-9-24-10-6-15)14-22(28-23)16-7-11-25-12-8-16/h1,3,5-6,9-10,13-14,16,27H,2,4,7-8,11-12H2. The van der Waals surface area contributed by atoms with Crippen molar-refractivity contribution in [3.63, 3.8) is 0 Å². The number of hydrogen-bond donors (Lipinski definition) is 1. The van der Waals surface area contributed by atoms with Crippen LogP contribution in [0.5, 0.6) is 0 Å². The first kappa shape index (κ1) is 17.2. The minimum atomic E-state index is 0.425. The van der Waals surface area contributed by atoms with Gasteiger partial charge in [0, 0.05) is 48.1 Å². The van der Waals surface area contributed by atoms with E-state index in [1.807, 2.05) is 30.6 Å². The smallest absolute Gasteiger partial charge is 0.142 e. The number of aryl methyl sites for hydroxylation is 1. The SMILES string of the molecule is ON=C1CCc2cc(-c3oc(C4CC[N]CC4)cc3-c3ccncc3)ccc21. The summed E-state index contributed by atoms with van der Waals surface area (Å²) in [6.45, 7) is 1.82. The molecule has 1 aromatic carbocycles. The van der Waals surface area contributed by atoms with Crippen molar-refractivity contribution in [2.45, 2.75) is 31.6 Å². The number of oxime groups is 1. The molecule has 1 N–H and O–H groups in total. The molecule has 2 aliphatic rings. The maximum Gasteiger partial charge on any atom is 0.142 e. The number of aromatic nitrogens is 1. The fourth-order valence-electron chi connectivity index (χ4n) is 4.32. The third-order valence-corrected chi connectivity index (χ3v) is 5.85. The van der Waals surface area contributed by atoms with E-state index in [4.69, 9.17) is 4.42 Å². The lowest BCUT2D eigenvalue weighted by molar-refractivity contribution is 0.318. The number of nitrogens with zero attached hydrogens (tertiary/aromatic N) is 3. The molecule has 0 spiro atoms. The van der Waals surface area contributed by atoms with Crippen LogP contribution in [-0.2, 0) is 6.42 Å². The summed E-state index contributed by atoms with van der Waals surface area (Å²) in [6.07, 6.45) is 7.40. The van der Waals surface area contributed by atoms with Crippen molar-refractivity contribution in [1.82, 2.24) is 10.3 Å². The second kappa shape index (κ2) is 7.24. The van der Waals surface area contributed by atoms with Crippen LogP contribution in [-0.4, -0.2) is 29.0 Å². The van der Waals surface area contributed by atoms with Gasteiger partial charge in [0.05, 0.1) is 5.71 Å². The molecular weight excluding hydrogens is 350 g/mol. The molecule has 3 heterocycles. The van der Waals surface area contributed by atoms with E-state index in [0.29, 0.717) is 5.92 Å². The van der Waals surface area contributed by atoms with Crippen LogP contribution in [0.25, 0.3) is 22.5 Å². The van der Waals surface area contributed by atoms with Gasteiger partial charge in [0.2, 0.25) is 0 Å². The molecule has 1 aliphatic carbocycles. The van der Waals surface area contributed by atoms with Crippen molar-refractivity contribution in [2.75, 3.05) is 13.1 Å². The lowest BCUT2D eigenvalue weighted by Gasteiger charge is -2.19. The highest BCUT2D eigenvalue weighted by Crippen LogP contribution is 2.40. The highest BCUT2D eigenvalue weighted by Gasteiger charge is 2.25. The zero-order valence-corrected chi connectivity index (χ0v) is 15.6. The molecule has 0 amide bonds. The van der Waals surface area contributed by atoms with Crippen LogP contribution in [0.1, 0.15) is 42.1 Å². The van der Waals surface area contributed by atoms with Gasteiger partial charge in [-0.3, -0.25) is 4.98 Å². The van der Waals surface area contributed by atoms with E-state index in [1.54, 1.807) is 0 Å². The second-order valence-electron chi connectivity index (χ2n) is 7.49. The van der Waals surface area contributed by atoms with E-state index in [9.17, 15) is 5.21 Å². The van der Waals surface area contributed by atoms with E-state index >= 15 is 0 Å². The maximum absolute atomic E-state index is 9.20. The highest BCUT2D eigenvalue weighted by atomic mass is 16.4. The van der Waals surface area contributed by atoms with Gasteiger partial charge in [0.1, 0.15) is 11.5 Å². The first-order valence-corrected chi connectivity index (χ1v) is 9.85. The average Bonchev–Trinajstić information content (AvgIpc) is 3.39. The Bertz CT molecular complexity index is 1020. The van der Waals surface area contributed by atoms with Gasteiger partial charge in [-0.2, -0.15) is 0 Å². The maximum atomic E-state index is 9.20. The summed E-state index contributed by atoms with van der Waals surface area (Å²) in [5.74, 6) is 2.38. The Morgan fingerprint density at radius 2 is 1.75 bits per heavy atom. The van der Waals surface area contributed by atoms with Gasteiger partial charge >= 0.3 is 0 Å². The second-order valence-corrected chi connectivity index (χ2v) is 7.49. The minimum Gasteiger partial charge on any atom is -0.460 e. The van der Waals surface area contributed by atoms with Crippen molar-refractivity contribution < 1.29 is 9.62 Å². The quantitative estimate of drug-likeness (QED) is 0.539. The van der Waals surface area contributed by atoms with E-state index < -0.39 is 0 Å². The summed E-state index contributed by atoms with van der Waals surface area (Å²) in [5, 5.41) is 17.1. The molecule has 141 valence electrons. The van der Waals surface area contributed by atoms with E-state index in [0.717, 1.165) is 78.3 Å². The Balaban J connectivity index is 1.61. The number of piperidine rings is 1. The van der Waals surface area contributed by atoms with Crippen LogP contribution in [0.2, 0.25) is 0 Å². The van der Waals surface area contributed by atoms with Gasteiger partial charge in [0.15, 0.2) is 0 Å². The molecular formula is C23H22N3O2. The molecule has 0 atom stereocenters. The molecule has 1 fully saturated rings. The van der Waals surface area contributed by atoms with Gasteiger partial charge in [-0.1, -0.05) is 17.3 Å². The molecule has 3 aromatic rings. The molecule has 5 nitrogen and oxygen atoms in total. The highest BCUT2D eigenvalue weighted by molar-refractivity contribution is 6.04. The molecule has 5 heteroatoms. The van der Waals surface area contributed by atoms with E-state index in [2.05, 4.69) is 33.7 Å². The monoisotopic (exact) mass is 372 g/mol. The third kappa shape index (κ3) is 3.02. The number of benzene rings is 1. The zero-order valence-electron chi connectivity index (χ0n) is 15.6. The molecule has 0 bridgehead atoms. The van der Waals surface area contributed by atoms with E-state index in [1.165, 1.54) is 5.56 Å². The molecule has 28 heavy (non-hydrogen) atoms. The van der Waals surface area contributed by atoms with Crippen LogP contribution in [0.3, 0.4) is 0 Å². The Labute approximate surface area is 164 Å². The van der Waals surface area contributed by atoms with Gasteiger partial charge < -0.3 is 9.62 Å². The average molecular weight is 372 g/mol. The first-order valence-electron chi connectivity index (χ1n) is 9.85. The van der Waals surface area contributed by atoms with Crippen LogP contribution >= 0.6 is 0 Å². The van der Waals surface area contributed by atoms with Crippen molar-refractivity contribution in [2.24, 2.45) is 5.16 Å². The summed E-state index contributed by atoms with van der Waals surface area (Å²) >= 11 is 0. The van der Waals surface area contributed by atoms with Gasteiger partial charge in [-0.15, -0.1) is 0 Å². The number of furan rings is 1. The number of pyridine rings is 1. The van der Waals surface area contributed by atoms with Crippen LogP contribution in [0, 0.1) is 0 Å². The van der Waals surface area contributed by atoms with Gasteiger partial charge in [-0.25, -0.2) is 5.32 Å². The van der Waals surface area contributed by atoms with Crippen molar-refractivity contribution in [1.29, 1.82) is 0 Å². The van der Waals surface area contributed by atoms with Crippen LogP contribution in [0.4, 0.5) is 0 Å². The Kier molecular flexibility index (Phi) is 4.45. The molecule has 1 saturated heterocycles. The molecule has 0 unspecified atom stereocenters. The lowest BCUT2D eigenvalue weighted by atomic mass is 9.94. The molecule has 1 radical (unpaired) electrons. The largest absolute Gasteiger partial charge is 0.460 e. The minimum absolute atomic E-state index is 0.425. The number of hydrogen-bond acceptors (Lipinski definition) is 4. The summed E-state index contributed by atoms with van der Waals surface area (Å²) in [7, 11) is 0. The molecule has 2 aromatic heterocycles. The molecule has 0 saturated carbocycles. The number of fused-ring (bicyclic) bond motifs is 1. The molecule has 5 rings (SSSR count). The van der Waals surface area contributed by atoms with E-state index in [-0.39, 0.29) is 0 Å². The summed E-state index contributed by atoms with van der Waals surface area (Å²) in [6, 6.07) is 12.5. The fourth-order valence-corrected chi connectivity index (χ4v) is 4.32. The van der Waals surface area contributed by atoms with Gasteiger partial charge in [-0.05, 0) is 61.1 Å². The van der Waals surface area contributed by atoms with Crippen molar-refractivity contribution in [3.05, 3.63) is 65.7 Å². The predicted molar refractivity (Wildman–Crippen MR) is 108 cm³/mol. The summed E-state index contributed by atoms with van der Waals surface area (Å²) in [4.78, 5) is 4.16. The lowest BCUT2D eigenvalue weighted by Crippen LogP contribution is -2.20. The van der Waals surface area contributed by atoms with Crippen molar-refractivity contribution >= 4 is 5.71 Å². The third-order valence-electron chi connectivity index (χ3n) is 5.85. The normalized spacial score (nSPS) is 18.5. The molecule has 1 aliphatic heterocycles. The first-order chi connectivity index (χ1) is 13.8. The Hall–Kier alpha value is -2.92. The predicted octanol–water partition coefficient (Wildman–Crippen LogP) is 4.61. The van der Waals surface area contributed by atoms with Crippen molar-refractivity contribution in [3.8, 4) is 22.5 Å². The number of rotatable bonds is 3. The fraction of sp³-hybridized carbons (Fsp3) is 0.304. The summed E-state index contributed by atoms with van der Waals surface area (Å²) in [5.41, 5.74) is 6.30. The summed E-state index contributed by atoms with van der Waals surface area (Å²) < 4.78 is 6.47. The van der Waals surface area contributed by atoms with Crippen LogP contribution in [0.15, 0.2) is 58.4 Å². The topological polar surface area (TPSA) is 72.7 Å². The Morgan fingerprint density at radius 1 is 0.929 bits per heavy atom. The Morgan fingerprint density at radius 3 is 2.54 bits per heavy atom. The zero-order chi connectivity index (χ0) is 18.9. The van der Waals surface area contributed by atoms with Gasteiger partial charge in [0.25, 0.3) is 0 Å².